The van der Waals surface area contributed by atoms with Gasteiger partial charge in [0.2, 0.25) is 11.8 Å². The summed E-state index contributed by atoms with van der Waals surface area (Å²) in [6.07, 6.45) is 1.83. The van der Waals surface area contributed by atoms with Crippen LogP contribution in [0.5, 0.6) is 5.88 Å². The molecule has 0 saturated heterocycles. The zero-order chi connectivity index (χ0) is 17.8. The van der Waals surface area contributed by atoms with Crippen LogP contribution in [0.2, 0.25) is 0 Å². The first-order valence-corrected chi connectivity index (χ1v) is 7.99. The van der Waals surface area contributed by atoms with Gasteiger partial charge in [0.05, 0.1) is 19.0 Å². The second-order valence-corrected chi connectivity index (χ2v) is 5.52. The van der Waals surface area contributed by atoms with Crippen molar-refractivity contribution in [2.75, 3.05) is 25.6 Å². The number of carbonyl (C=O) groups is 1. The van der Waals surface area contributed by atoms with Crippen LogP contribution in [-0.4, -0.2) is 40.8 Å². The van der Waals surface area contributed by atoms with Crippen molar-refractivity contribution < 1.29 is 14.3 Å². The number of fused-ring (bicyclic) bond motifs is 1. The number of nitrogens with zero attached hydrogens (tertiary/aromatic N) is 3. The molecule has 0 saturated carbocycles. The molecule has 1 amide bonds. The third-order valence-electron chi connectivity index (χ3n) is 3.75. The first-order chi connectivity index (χ1) is 12.1. The number of methoxy groups -OCH3 is 1. The highest BCUT2D eigenvalue weighted by atomic mass is 16.5. The molecule has 0 fully saturated rings. The van der Waals surface area contributed by atoms with Crippen molar-refractivity contribution >= 4 is 17.2 Å². The summed E-state index contributed by atoms with van der Waals surface area (Å²) in [4.78, 5) is 16.5. The SMILES string of the molecule is CCOCC(=O)Nc1cc(-c2cn3nc(OC)ccc3n2)ccc1C. The van der Waals surface area contributed by atoms with Crippen LogP contribution in [0.4, 0.5) is 5.69 Å². The van der Waals surface area contributed by atoms with Crippen molar-refractivity contribution in [2.45, 2.75) is 13.8 Å². The summed E-state index contributed by atoms with van der Waals surface area (Å²) in [5, 5.41) is 7.18. The van der Waals surface area contributed by atoms with Gasteiger partial charge in [-0.3, -0.25) is 4.79 Å². The maximum atomic E-state index is 11.9. The molecule has 130 valence electrons. The fourth-order valence-electron chi connectivity index (χ4n) is 2.41. The molecule has 2 heterocycles. The fourth-order valence-corrected chi connectivity index (χ4v) is 2.41. The summed E-state index contributed by atoms with van der Waals surface area (Å²) in [7, 11) is 1.57. The predicted molar refractivity (Wildman–Crippen MR) is 94.8 cm³/mol. The molecule has 3 rings (SSSR count). The van der Waals surface area contributed by atoms with Crippen molar-refractivity contribution in [1.82, 2.24) is 14.6 Å². The van der Waals surface area contributed by atoms with Gasteiger partial charge < -0.3 is 14.8 Å². The van der Waals surface area contributed by atoms with Crippen LogP contribution in [0.25, 0.3) is 16.9 Å². The van der Waals surface area contributed by atoms with E-state index in [-0.39, 0.29) is 12.5 Å². The Morgan fingerprint density at radius 3 is 2.88 bits per heavy atom. The first-order valence-electron chi connectivity index (χ1n) is 7.99. The number of imidazole rings is 1. The summed E-state index contributed by atoms with van der Waals surface area (Å²) in [6, 6.07) is 9.42. The highest BCUT2D eigenvalue weighted by molar-refractivity contribution is 5.93. The molecule has 0 spiro atoms. The third-order valence-corrected chi connectivity index (χ3v) is 3.75. The number of aromatic nitrogens is 3. The molecule has 0 atom stereocenters. The summed E-state index contributed by atoms with van der Waals surface area (Å²) in [5.41, 5.74) is 4.09. The first kappa shape index (κ1) is 16.9. The number of carbonyl (C=O) groups excluding carboxylic acids is 1. The lowest BCUT2D eigenvalue weighted by Crippen LogP contribution is -2.18. The molecule has 25 heavy (non-hydrogen) atoms. The molecule has 2 aromatic heterocycles. The Morgan fingerprint density at radius 2 is 2.12 bits per heavy atom. The van der Waals surface area contributed by atoms with Crippen molar-refractivity contribution in [3.63, 3.8) is 0 Å². The molecular weight excluding hydrogens is 320 g/mol. The summed E-state index contributed by atoms with van der Waals surface area (Å²) in [6.45, 7) is 4.34. The number of nitrogens with one attached hydrogen (secondary N) is 1. The van der Waals surface area contributed by atoms with Gasteiger partial charge in [-0.05, 0) is 31.5 Å². The standard InChI is InChI=1S/C18H20N4O3/c1-4-25-11-17(23)20-14-9-13(6-5-12(14)2)15-10-22-16(19-15)7-8-18(21-22)24-3/h5-10H,4,11H2,1-3H3,(H,20,23). The van der Waals surface area contributed by atoms with Gasteiger partial charge in [-0.15, -0.1) is 5.10 Å². The van der Waals surface area contributed by atoms with Crippen LogP contribution < -0.4 is 10.1 Å². The van der Waals surface area contributed by atoms with Crippen molar-refractivity contribution in [2.24, 2.45) is 0 Å². The summed E-state index contributed by atoms with van der Waals surface area (Å²) >= 11 is 0. The van der Waals surface area contributed by atoms with Gasteiger partial charge in [-0.2, -0.15) is 0 Å². The van der Waals surface area contributed by atoms with E-state index in [1.165, 1.54) is 0 Å². The number of hydrogen-bond donors (Lipinski definition) is 1. The van der Waals surface area contributed by atoms with E-state index in [0.29, 0.717) is 12.5 Å². The number of amides is 1. The van der Waals surface area contributed by atoms with Crippen LogP contribution >= 0.6 is 0 Å². The number of aryl methyl sites for hydroxylation is 1. The zero-order valence-electron chi connectivity index (χ0n) is 14.4. The van der Waals surface area contributed by atoms with Gasteiger partial charge in [0.25, 0.3) is 0 Å². The molecule has 7 nitrogen and oxygen atoms in total. The highest BCUT2D eigenvalue weighted by Crippen LogP contribution is 2.25. The summed E-state index contributed by atoms with van der Waals surface area (Å²) in [5.74, 6) is 0.340. The van der Waals surface area contributed by atoms with Gasteiger partial charge >= 0.3 is 0 Å². The molecule has 0 unspecified atom stereocenters. The van der Waals surface area contributed by atoms with Crippen LogP contribution in [0.1, 0.15) is 12.5 Å². The smallest absolute Gasteiger partial charge is 0.250 e. The number of hydrogen-bond acceptors (Lipinski definition) is 5. The second kappa shape index (κ2) is 7.31. The Kier molecular flexibility index (Phi) is 4.95. The zero-order valence-corrected chi connectivity index (χ0v) is 14.4. The van der Waals surface area contributed by atoms with E-state index >= 15 is 0 Å². The minimum atomic E-state index is -0.177. The van der Waals surface area contributed by atoms with Crippen molar-refractivity contribution in [3.8, 4) is 17.1 Å². The van der Waals surface area contributed by atoms with Gasteiger partial charge in [0, 0.05) is 23.9 Å². The minimum Gasteiger partial charge on any atom is -0.480 e. The molecule has 0 radical (unpaired) electrons. The average molecular weight is 340 g/mol. The molecule has 0 aliphatic heterocycles. The number of rotatable bonds is 6. The third kappa shape index (κ3) is 3.77. The summed E-state index contributed by atoms with van der Waals surface area (Å²) < 4.78 is 11.9. The molecule has 7 heteroatoms. The largest absolute Gasteiger partial charge is 0.480 e. The van der Waals surface area contributed by atoms with Gasteiger partial charge in [0.15, 0.2) is 5.65 Å². The van der Waals surface area contributed by atoms with Crippen molar-refractivity contribution in [3.05, 3.63) is 42.1 Å². The van der Waals surface area contributed by atoms with E-state index in [9.17, 15) is 4.79 Å². The van der Waals surface area contributed by atoms with E-state index in [1.54, 1.807) is 17.7 Å². The monoisotopic (exact) mass is 340 g/mol. The van der Waals surface area contributed by atoms with E-state index in [2.05, 4.69) is 15.4 Å². The predicted octanol–water partition coefficient (Wildman–Crippen LogP) is 2.69. The number of benzene rings is 1. The topological polar surface area (TPSA) is 77.8 Å². The Labute approximate surface area is 145 Å². The lowest BCUT2D eigenvalue weighted by Gasteiger charge is -2.10. The van der Waals surface area contributed by atoms with Crippen LogP contribution in [-0.2, 0) is 9.53 Å². The minimum absolute atomic E-state index is 0.0399. The molecule has 1 aromatic carbocycles. The molecule has 3 aromatic rings. The van der Waals surface area contributed by atoms with Crippen molar-refractivity contribution in [1.29, 1.82) is 0 Å². The maximum Gasteiger partial charge on any atom is 0.250 e. The highest BCUT2D eigenvalue weighted by Gasteiger charge is 2.10. The van der Waals surface area contributed by atoms with Gasteiger partial charge in [-0.1, -0.05) is 12.1 Å². The Balaban J connectivity index is 1.89. The van der Waals surface area contributed by atoms with E-state index in [1.807, 2.05) is 44.3 Å². The molecular formula is C18H20N4O3. The van der Waals surface area contributed by atoms with Crippen LogP contribution in [0.3, 0.4) is 0 Å². The maximum absolute atomic E-state index is 11.9. The Bertz CT molecular complexity index is 904. The van der Waals surface area contributed by atoms with E-state index < -0.39 is 0 Å². The van der Waals surface area contributed by atoms with Crippen LogP contribution in [0.15, 0.2) is 36.5 Å². The normalized spacial score (nSPS) is 10.8. The fraction of sp³-hybridized carbons (Fsp3) is 0.278. The molecule has 0 aliphatic carbocycles. The van der Waals surface area contributed by atoms with E-state index in [0.717, 1.165) is 28.2 Å². The van der Waals surface area contributed by atoms with Gasteiger partial charge in [-0.25, -0.2) is 9.50 Å². The molecule has 0 aliphatic rings. The number of ether oxygens (including phenoxy) is 2. The number of anilines is 1. The Hall–Kier alpha value is -2.93. The quantitative estimate of drug-likeness (QED) is 0.746. The van der Waals surface area contributed by atoms with E-state index in [4.69, 9.17) is 9.47 Å². The average Bonchev–Trinajstić information content (AvgIpc) is 3.04. The lowest BCUT2D eigenvalue weighted by atomic mass is 10.1. The van der Waals surface area contributed by atoms with Crippen LogP contribution in [0, 0.1) is 6.92 Å². The molecule has 0 bridgehead atoms. The lowest BCUT2D eigenvalue weighted by molar-refractivity contribution is -0.120. The van der Waals surface area contributed by atoms with Gasteiger partial charge in [0.1, 0.15) is 6.61 Å². The Morgan fingerprint density at radius 1 is 1.28 bits per heavy atom. The molecule has 1 N–H and O–H groups in total. The second-order valence-electron chi connectivity index (χ2n) is 5.52.